The summed E-state index contributed by atoms with van der Waals surface area (Å²) >= 11 is 0. The molecule has 1 saturated heterocycles. The molecule has 1 fully saturated rings. The van der Waals surface area contributed by atoms with E-state index in [0.717, 1.165) is 26.2 Å². The summed E-state index contributed by atoms with van der Waals surface area (Å²) in [5.41, 5.74) is 1.37. The van der Waals surface area contributed by atoms with Crippen molar-refractivity contribution in [2.45, 2.75) is 13.0 Å². The Balaban J connectivity index is 2.03. The average Bonchev–Trinajstić information content (AvgIpc) is 2.30. The highest BCUT2D eigenvalue weighted by Crippen LogP contribution is 2.19. The van der Waals surface area contributed by atoms with Crippen molar-refractivity contribution in [3.8, 4) is 0 Å². The molecule has 0 saturated carbocycles. The molecule has 1 heterocycles. The average molecular weight is 189 g/mol. The third-order valence-corrected chi connectivity index (χ3v) is 2.91. The number of benzene rings is 1. The molecule has 75 valence electrons. The smallest absolute Gasteiger partial charge is 0.0321 e. The van der Waals surface area contributed by atoms with Crippen molar-refractivity contribution in [2.75, 3.05) is 26.2 Å². The molecule has 1 N–H and O–H groups in total. The fourth-order valence-corrected chi connectivity index (χ4v) is 1.95. The molecule has 1 radical (unpaired) electrons. The van der Waals surface area contributed by atoms with Crippen LogP contribution in [0.5, 0.6) is 0 Å². The Morgan fingerprint density at radius 3 is 2.86 bits per heavy atom. The SMILES string of the molecule is C[C@@H](c1c[c]ccc1)N1CCNCC1. The van der Waals surface area contributed by atoms with Crippen LogP contribution in [-0.4, -0.2) is 31.1 Å². The lowest BCUT2D eigenvalue weighted by Crippen LogP contribution is -2.44. The lowest BCUT2D eigenvalue weighted by molar-refractivity contribution is 0.185. The predicted molar refractivity (Wildman–Crippen MR) is 58.1 cm³/mol. The zero-order valence-corrected chi connectivity index (χ0v) is 8.66. The minimum atomic E-state index is 0.523. The Morgan fingerprint density at radius 1 is 1.43 bits per heavy atom. The molecule has 2 heteroatoms. The highest BCUT2D eigenvalue weighted by molar-refractivity contribution is 5.17. The summed E-state index contributed by atoms with van der Waals surface area (Å²) < 4.78 is 0. The monoisotopic (exact) mass is 189 g/mol. The van der Waals surface area contributed by atoms with E-state index in [1.807, 2.05) is 6.07 Å². The van der Waals surface area contributed by atoms with Crippen LogP contribution in [0.4, 0.5) is 0 Å². The lowest BCUT2D eigenvalue weighted by atomic mass is 10.1. The Bertz CT molecular complexity index is 265. The van der Waals surface area contributed by atoms with E-state index < -0.39 is 0 Å². The number of piperazine rings is 1. The van der Waals surface area contributed by atoms with Crippen LogP contribution in [-0.2, 0) is 0 Å². The molecule has 1 aromatic rings. The summed E-state index contributed by atoms with van der Waals surface area (Å²) in [6.45, 7) is 6.79. The topological polar surface area (TPSA) is 15.3 Å². The maximum absolute atomic E-state index is 3.37. The zero-order chi connectivity index (χ0) is 9.80. The van der Waals surface area contributed by atoms with Gasteiger partial charge >= 0.3 is 0 Å². The number of hydrogen-bond donors (Lipinski definition) is 1. The third kappa shape index (κ3) is 2.14. The second-order valence-electron chi connectivity index (χ2n) is 3.80. The predicted octanol–water partition coefficient (Wildman–Crippen LogP) is 1.45. The quantitative estimate of drug-likeness (QED) is 0.757. The second kappa shape index (κ2) is 4.58. The van der Waals surface area contributed by atoms with Gasteiger partial charge in [0.2, 0.25) is 0 Å². The molecule has 1 aliphatic heterocycles. The van der Waals surface area contributed by atoms with Gasteiger partial charge in [0, 0.05) is 32.2 Å². The van der Waals surface area contributed by atoms with Gasteiger partial charge in [0.15, 0.2) is 0 Å². The summed E-state index contributed by atoms with van der Waals surface area (Å²) in [7, 11) is 0. The number of rotatable bonds is 2. The first kappa shape index (κ1) is 9.69. The fourth-order valence-electron chi connectivity index (χ4n) is 1.95. The first-order valence-corrected chi connectivity index (χ1v) is 5.29. The minimum Gasteiger partial charge on any atom is -0.314 e. The molecule has 2 rings (SSSR count). The Morgan fingerprint density at radius 2 is 2.21 bits per heavy atom. The molecule has 0 bridgehead atoms. The summed E-state index contributed by atoms with van der Waals surface area (Å²) in [4.78, 5) is 2.51. The minimum absolute atomic E-state index is 0.523. The van der Waals surface area contributed by atoms with E-state index in [-0.39, 0.29) is 0 Å². The third-order valence-electron chi connectivity index (χ3n) is 2.91. The van der Waals surface area contributed by atoms with Gasteiger partial charge in [0.05, 0.1) is 0 Å². The van der Waals surface area contributed by atoms with Crippen molar-refractivity contribution in [1.29, 1.82) is 0 Å². The van der Waals surface area contributed by atoms with E-state index in [9.17, 15) is 0 Å². The summed E-state index contributed by atoms with van der Waals surface area (Å²) in [5.74, 6) is 0. The van der Waals surface area contributed by atoms with Crippen LogP contribution in [0.1, 0.15) is 18.5 Å². The van der Waals surface area contributed by atoms with Gasteiger partial charge in [-0.1, -0.05) is 18.2 Å². The van der Waals surface area contributed by atoms with Crippen molar-refractivity contribution < 1.29 is 0 Å². The molecular weight excluding hydrogens is 172 g/mol. The molecular formula is C12H17N2. The molecule has 0 unspecified atom stereocenters. The van der Waals surface area contributed by atoms with Crippen molar-refractivity contribution in [3.05, 3.63) is 35.9 Å². The van der Waals surface area contributed by atoms with Crippen LogP contribution < -0.4 is 5.32 Å². The molecule has 1 aromatic carbocycles. The van der Waals surface area contributed by atoms with Gasteiger partial charge < -0.3 is 5.32 Å². The summed E-state index contributed by atoms with van der Waals surface area (Å²) in [6, 6.07) is 12.0. The number of nitrogens with zero attached hydrogens (tertiary/aromatic N) is 1. The standard InChI is InChI=1S/C12H17N2/c1-11(12-5-3-2-4-6-12)14-9-7-13-8-10-14/h2-3,5-6,11,13H,7-10H2,1H3/t11-/m0/s1. The van der Waals surface area contributed by atoms with Gasteiger partial charge in [0.25, 0.3) is 0 Å². The highest BCUT2D eigenvalue weighted by atomic mass is 15.2. The number of hydrogen-bond acceptors (Lipinski definition) is 2. The molecule has 1 aliphatic rings. The number of nitrogens with one attached hydrogen (secondary N) is 1. The summed E-state index contributed by atoms with van der Waals surface area (Å²) in [5, 5.41) is 3.37. The second-order valence-corrected chi connectivity index (χ2v) is 3.80. The van der Waals surface area contributed by atoms with Gasteiger partial charge in [0.1, 0.15) is 0 Å². The first-order chi connectivity index (χ1) is 6.88. The molecule has 2 nitrogen and oxygen atoms in total. The van der Waals surface area contributed by atoms with E-state index in [1.54, 1.807) is 0 Å². The molecule has 0 aromatic heterocycles. The van der Waals surface area contributed by atoms with Gasteiger partial charge in [-0.15, -0.1) is 0 Å². The lowest BCUT2D eigenvalue weighted by Gasteiger charge is -2.32. The van der Waals surface area contributed by atoms with Crippen LogP contribution in [0.25, 0.3) is 0 Å². The Labute approximate surface area is 85.9 Å². The van der Waals surface area contributed by atoms with E-state index in [2.05, 4.69) is 41.4 Å². The molecule has 0 aliphatic carbocycles. The van der Waals surface area contributed by atoms with Crippen molar-refractivity contribution in [2.24, 2.45) is 0 Å². The summed E-state index contributed by atoms with van der Waals surface area (Å²) in [6.07, 6.45) is 0. The van der Waals surface area contributed by atoms with Gasteiger partial charge in [-0.25, -0.2) is 0 Å². The normalized spacial score (nSPS) is 20.6. The fraction of sp³-hybridized carbons (Fsp3) is 0.500. The first-order valence-electron chi connectivity index (χ1n) is 5.29. The molecule has 14 heavy (non-hydrogen) atoms. The molecule has 1 atom stereocenters. The van der Waals surface area contributed by atoms with Crippen molar-refractivity contribution in [1.82, 2.24) is 10.2 Å². The van der Waals surface area contributed by atoms with Crippen molar-refractivity contribution >= 4 is 0 Å². The van der Waals surface area contributed by atoms with Crippen LogP contribution >= 0.6 is 0 Å². The molecule has 0 amide bonds. The van der Waals surface area contributed by atoms with Crippen LogP contribution in [0.15, 0.2) is 24.3 Å². The van der Waals surface area contributed by atoms with Gasteiger partial charge in [-0.3, -0.25) is 4.90 Å². The maximum atomic E-state index is 3.37. The molecule has 0 spiro atoms. The largest absolute Gasteiger partial charge is 0.314 e. The maximum Gasteiger partial charge on any atom is 0.0321 e. The Hall–Kier alpha value is -0.860. The van der Waals surface area contributed by atoms with E-state index in [1.165, 1.54) is 5.56 Å². The van der Waals surface area contributed by atoms with E-state index >= 15 is 0 Å². The van der Waals surface area contributed by atoms with Crippen molar-refractivity contribution in [3.63, 3.8) is 0 Å². The van der Waals surface area contributed by atoms with Gasteiger partial charge in [-0.05, 0) is 24.6 Å². The van der Waals surface area contributed by atoms with Crippen LogP contribution in [0.3, 0.4) is 0 Å². The van der Waals surface area contributed by atoms with Crippen LogP contribution in [0, 0.1) is 6.07 Å². The highest BCUT2D eigenvalue weighted by Gasteiger charge is 2.16. The Kier molecular flexibility index (Phi) is 3.17. The van der Waals surface area contributed by atoms with Crippen LogP contribution in [0.2, 0.25) is 0 Å². The zero-order valence-electron chi connectivity index (χ0n) is 8.66. The van der Waals surface area contributed by atoms with Gasteiger partial charge in [-0.2, -0.15) is 0 Å². The van der Waals surface area contributed by atoms with E-state index in [4.69, 9.17) is 0 Å². The van der Waals surface area contributed by atoms with E-state index in [0.29, 0.717) is 6.04 Å².